The number of benzene rings is 1. The Kier molecular flexibility index (Phi) is 6.65. The molecule has 35 heavy (non-hydrogen) atoms. The van der Waals surface area contributed by atoms with Crippen molar-refractivity contribution in [2.45, 2.75) is 26.8 Å². The number of ketones is 1. The Labute approximate surface area is 202 Å². The molecule has 1 unspecified atom stereocenters. The van der Waals surface area contributed by atoms with E-state index in [0.29, 0.717) is 29.1 Å². The molecule has 0 spiro atoms. The summed E-state index contributed by atoms with van der Waals surface area (Å²) >= 11 is 0. The molecule has 1 aliphatic rings. The normalized spacial score (nSPS) is 17.6. The molecule has 10 nitrogen and oxygen atoms in total. The molecule has 1 N–H and O–H groups in total. The maximum absolute atomic E-state index is 13.3. The summed E-state index contributed by atoms with van der Waals surface area (Å²) in [6, 6.07) is 10.2. The van der Waals surface area contributed by atoms with Crippen molar-refractivity contribution in [3.8, 4) is 0 Å². The van der Waals surface area contributed by atoms with Gasteiger partial charge in [0, 0.05) is 31.4 Å². The van der Waals surface area contributed by atoms with Gasteiger partial charge in [0.1, 0.15) is 11.3 Å². The highest BCUT2D eigenvalue weighted by Crippen LogP contribution is 2.40. The maximum Gasteiger partial charge on any atom is 0.295 e. The summed E-state index contributed by atoms with van der Waals surface area (Å²) in [7, 11) is 0. The number of hydrogen-bond acceptors (Lipinski definition) is 7. The second-order valence-electron chi connectivity index (χ2n) is 8.34. The zero-order chi connectivity index (χ0) is 25.3. The number of likely N-dealkylation sites (N-methyl/N-ethyl adjacent to an activating group) is 1. The quantitative estimate of drug-likeness (QED) is 0.174. The number of non-ortho nitro benzene ring substituents is 1. The molecule has 0 radical (unpaired) electrons. The van der Waals surface area contributed by atoms with Crippen LogP contribution >= 0.6 is 0 Å². The standard InChI is InChI=1S/C25H27N5O5/c1-4-27(5-2)14-15-29-22(17-9-11-18(12-10-17)30(34)35)20(24(32)25(29)33)23(31)21-16(3)26-19-8-6-7-13-28(19)21/h6-13,22,31H,4-5,14-15H2,1-3H3/b23-20+. The van der Waals surface area contributed by atoms with Crippen LogP contribution in [-0.2, 0) is 9.59 Å². The Bertz CT molecular complexity index is 1320. The lowest BCUT2D eigenvalue weighted by Crippen LogP contribution is -2.38. The largest absolute Gasteiger partial charge is 0.505 e. The average molecular weight is 478 g/mol. The second kappa shape index (κ2) is 9.67. The molecule has 1 fully saturated rings. The minimum Gasteiger partial charge on any atom is -0.505 e. The predicted octanol–water partition coefficient (Wildman–Crippen LogP) is 3.31. The van der Waals surface area contributed by atoms with Gasteiger partial charge in [-0.3, -0.25) is 24.1 Å². The first-order valence-electron chi connectivity index (χ1n) is 11.5. The molecule has 182 valence electrons. The number of amides is 1. The van der Waals surface area contributed by atoms with Gasteiger partial charge in [-0.1, -0.05) is 19.9 Å². The summed E-state index contributed by atoms with van der Waals surface area (Å²) < 4.78 is 1.67. The number of aliphatic hydroxyl groups is 1. The topological polar surface area (TPSA) is 121 Å². The lowest BCUT2D eigenvalue weighted by Gasteiger charge is -2.28. The van der Waals surface area contributed by atoms with Crippen molar-refractivity contribution in [1.29, 1.82) is 0 Å². The van der Waals surface area contributed by atoms with Crippen molar-refractivity contribution in [2.24, 2.45) is 0 Å². The molecule has 10 heteroatoms. The monoisotopic (exact) mass is 477 g/mol. The molecule has 0 saturated carbocycles. The van der Waals surface area contributed by atoms with Gasteiger partial charge in [0.15, 0.2) is 5.76 Å². The Morgan fingerprint density at radius 2 is 1.83 bits per heavy atom. The van der Waals surface area contributed by atoms with Gasteiger partial charge in [-0.2, -0.15) is 0 Å². The first-order valence-corrected chi connectivity index (χ1v) is 11.5. The smallest absolute Gasteiger partial charge is 0.295 e. The SMILES string of the molecule is CCN(CC)CCN1C(=O)C(=O)/C(=C(/O)c2c(C)nc3ccccn23)C1c1ccc([N+](=O)[O-])cc1. The number of aliphatic hydroxyl groups excluding tert-OH is 1. The minimum absolute atomic E-state index is 0.0582. The van der Waals surface area contributed by atoms with Gasteiger partial charge in [0.2, 0.25) is 0 Å². The summed E-state index contributed by atoms with van der Waals surface area (Å²) in [6.45, 7) is 8.11. The van der Waals surface area contributed by atoms with Gasteiger partial charge in [-0.15, -0.1) is 0 Å². The van der Waals surface area contributed by atoms with Crippen LogP contribution in [0.3, 0.4) is 0 Å². The van der Waals surface area contributed by atoms with Crippen LogP contribution in [0.25, 0.3) is 11.4 Å². The van der Waals surface area contributed by atoms with Crippen LogP contribution in [0.2, 0.25) is 0 Å². The number of Topliss-reactive ketones (excluding diaryl/α,β-unsaturated/α-hetero) is 1. The Morgan fingerprint density at radius 1 is 1.14 bits per heavy atom. The average Bonchev–Trinajstić information content (AvgIpc) is 3.32. The van der Waals surface area contributed by atoms with Gasteiger partial charge in [0.05, 0.1) is 22.2 Å². The Morgan fingerprint density at radius 3 is 2.46 bits per heavy atom. The number of likely N-dealkylation sites (tertiary alicyclic amines) is 1. The number of hydrogen-bond donors (Lipinski definition) is 1. The molecule has 3 aromatic rings. The minimum atomic E-state index is -0.889. The number of rotatable bonds is 8. The van der Waals surface area contributed by atoms with Gasteiger partial charge >= 0.3 is 0 Å². The summed E-state index contributed by atoms with van der Waals surface area (Å²) in [4.78, 5) is 45.1. The fraction of sp³-hybridized carbons (Fsp3) is 0.320. The van der Waals surface area contributed by atoms with E-state index in [1.807, 2.05) is 19.9 Å². The first-order chi connectivity index (χ1) is 16.8. The number of nitro benzene ring substituents is 1. The van der Waals surface area contributed by atoms with E-state index in [1.165, 1.54) is 29.2 Å². The van der Waals surface area contributed by atoms with E-state index in [0.717, 1.165) is 13.1 Å². The van der Waals surface area contributed by atoms with Crippen LogP contribution < -0.4 is 0 Å². The maximum atomic E-state index is 13.3. The number of carbonyl (C=O) groups excluding carboxylic acids is 2. The van der Waals surface area contributed by atoms with Crippen molar-refractivity contribution < 1.29 is 19.6 Å². The molecular formula is C25H27N5O5. The van der Waals surface area contributed by atoms with E-state index in [4.69, 9.17) is 0 Å². The van der Waals surface area contributed by atoms with Gasteiger partial charge in [0.25, 0.3) is 17.4 Å². The van der Waals surface area contributed by atoms with Crippen molar-refractivity contribution >= 4 is 28.8 Å². The van der Waals surface area contributed by atoms with Gasteiger partial charge in [-0.05, 0) is 49.8 Å². The van der Waals surface area contributed by atoms with Gasteiger partial charge < -0.3 is 14.9 Å². The Hall–Kier alpha value is -4.05. The lowest BCUT2D eigenvalue weighted by molar-refractivity contribution is -0.384. The molecule has 0 aliphatic carbocycles. The van der Waals surface area contributed by atoms with Crippen molar-refractivity contribution in [3.05, 3.63) is 81.3 Å². The van der Waals surface area contributed by atoms with Crippen LogP contribution in [0.1, 0.15) is 36.8 Å². The molecule has 1 amide bonds. The zero-order valence-corrected chi connectivity index (χ0v) is 19.8. The summed E-state index contributed by atoms with van der Waals surface area (Å²) in [5.74, 6) is -1.84. The number of nitrogens with zero attached hydrogens (tertiary/aromatic N) is 5. The third-order valence-electron chi connectivity index (χ3n) is 6.44. The third-order valence-corrected chi connectivity index (χ3v) is 6.44. The number of fused-ring (bicyclic) bond motifs is 1. The molecule has 4 rings (SSSR count). The fourth-order valence-corrected chi connectivity index (χ4v) is 4.55. The zero-order valence-electron chi connectivity index (χ0n) is 19.8. The summed E-state index contributed by atoms with van der Waals surface area (Å²) in [6.07, 6.45) is 1.72. The second-order valence-corrected chi connectivity index (χ2v) is 8.34. The van der Waals surface area contributed by atoms with Crippen molar-refractivity contribution in [2.75, 3.05) is 26.2 Å². The summed E-state index contributed by atoms with van der Waals surface area (Å²) in [5.41, 5.74) is 1.76. The highest BCUT2D eigenvalue weighted by molar-refractivity contribution is 6.46. The number of nitro groups is 1. The van der Waals surface area contributed by atoms with E-state index >= 15 is 0 Å². The lowest BCUT2D eigenvalue weighted by atomic mass is 9.96. The van der Waals surface area contributed by atoms with E-state index in [2.05, 4.69) is 9.88 Å². The number of aromatic nitrogens is 2. The number of carbonyl (C=O) groups is 2. The molecule has 1 aromatic carbocycles. The summed E-state index contributed by atoms with van der Waals surface area (Å²) in [5, 5.41) is 22.6. The molecule has 0 bridgehead atoms. The molecule has 1 atom stereocenters. The van der Waals surface area contributed by atoms with Crippen LogP contribution in [0, 0.1) is 17.0 Å². The fourth-order valence-electron chi connectivity index (χ4n) is 4.55. The first kappa shape index (κ1) is 24.1. The van der Waals surface area contributed by atoms with E-state index in [9.17, 15) is 24.8 Å². The van der Waals surface area contributed by atoms with Crippen LogP contribution in [0.5, 0.6) is 0 Å². The van der Waals surface area contributed by atoms with E-state index in [1.54, 1.807) is 29.7 Å². The van der Waals surface area contributed by atoms with Crippen molar-refractivity contribution in [1.82, 2.24) is 19.2 Å². The molecule has 1 saturated heterocycles. The highest BCUT2D eigenvalue weighted by Gasteiger charge is 2.46. The van der Waals surface area contributed by atoms with Crippen LogP contribution in [0.15, 0.2) is 54.2 Å². The molecule has 3 heterocycles. The number of imidazole rings is 1. The highest BCUT2D eigenvalue weighted by atomic mass is 16.6. The van der Waals surface area contributed by atoms with Crippen LogP contribution in [-0.4, -0.2) is 67.1 Å². The Balaban J connectivity index is 1.88. The molecular weight excluding hydrogens is 450 g/mol. The van der Waals surface area contributed by atoms with Gasteiger partial charge in [-0.25, -0.2) is 4.98 Å². The van der Waals surface area contributed by atoms with Crippen molar-refractivity contribution in [3.63, 3.8) is 0 Å². The molecule has 1 aliphatic heterocycles. The van der Waals surface area contributed by atoms with Crippen LogP contribution in [0.4, 0.5) is 5.69 Å². The molecule has 2 aromatic heterocycles. The number of aryl methyl sites for hydroxylation is 1. The van der Waals surface area contributed by atoms with E-state index < -0.39 is 22.7 Å². The number of pyridine rings is 1. The van der Waals surface area contributed by atoms with E-state index in [-0.39, 0.29) is 23.6 Å². The predicted molar refractivity (Wildman–Crippen MR) is 130 cm³/mol. The third kappa shape index (κ3) is 4.28.